The summed E-state index contributed by atoms with van der Waals surface area (Å²) in [6.07, 6.45) is 5.25. The zero-order chi connectivity index (χ0) is 9.14. The summed E-state index contributed by atoms with van der Waals surface area (Å²) in [5, 5.41) is 0.593. The second-order valence-corrected chi connectivity index (χ2v) is 3.40. The van der Waals surface area contributed by atoms with E-state index in [1.807, 2.05) is 0 Å². The Bertz CT molecular complexity index is 341. The number of hydrogen-bond donors (Lipinski definition) is 0. The molecule has 0 spiro atoms. The van der Waals surface area contributed by atoms with Crippen molar-refractivity contribution in [2.24, 2.45) is 0 Å². The molecule has 0 saturated heterocycles. The van der Waals surface area contributed by atoms with Crippen LogP contribution in [0, 0.1) is 12.3 Å². The van der Waals surface area contributed by atoms with Gasteiger partial charge in [-0.25, -0.2) is 0 Å². The fourth-order valence-electron chi connectivity index (χ4n) is 0.875. The highest BCUT2D eigenvalue weighted by atomic mass is 79.9. The highest BCUT2D eigenvalue weighted by Gasteiger charge is 2.06. The Hall–Kier alpha value is -0.650. The van der Waals surface area contributed by atoms with Crippen molar-refractivity contribution in [3.05, 3.63) is 27.2 Å². The maximum absolute atomic E-state index is 5.78. The van der Waals surface area contributed by atoms with Crippen molar-refractivity contribution in [2.75, 3.05) is 7.11 Å². The van der Waals surface area contributed by atoms with Crippen molar-refractivity contribution < 1.29 is 4.74 Å². The fourth-order valence-corrected chi connectivity index (χ4v) is 1.85. The van der Waals surface area contributed by atoms with Gasteiger partial charge in [0.1, 0.15) is 5.75 Å². The largest absolute Gasteiger partial charge is 0.494 e. The molecule has 0 aromatic heterocycles. The first-order valence-electron chi connectivity index (χ1n) is 3.18. The Morgan fingerprint density at radius 3 is 2.75 bits per heavy atom. The van der Waals surface area contributed by atoms with Crippen LogP contribution in [-0.2, 0) is 0 Å². The van der Waals surface area contributed by atoms with E-state index in [2.05, 4.69) is 21.9 Å². The number of hydrogen-bond acceptors (Lipinski definition) is 1. The summed E-state index contributed by atoms with van der Waals surface area (Å²) in [7, 11) is 1.56. The quantitative estimate of drug-likeness (QED) is 0.691. The molecule has 0 aliphatic heterocycles. The van der Waals surface area contributed by atoms with Gasteiger partial charge < -0.3 is 4.74 Å². The summed E-state index contributed by atoms with van der Waals surface area (Å²) in [5.41, 5.74) is 0.650. The van der Waals surface area contributed by atoms with Crippen LogP contribution in [0.1, 0.15) is 5.56 Å². The third-order valence-corrected chi connectivity index (χ3v) is 2.18. The van der Waals surface area contributed by atoms with E-state index in [4.69, 9.17) is 22.8 Å². The minimum atomic E-state index is 0.593. The Morgan fingerprint density at radius 2 is 2.25 bits per heavy atom. The highest BCUT2D eigenvalue weighted by Crippen LogP contribution is 2.31. The highest BCUT2D eigenvalue weighted by molar-refractivity contribution is 9.10. The van der Waals surface area contributed by atoms with Gasteiger partial charge in [0, 0.05) is 5.02 Å². The molecule has 0 aliphatic carbocycles. The second kappa shape index (κ2) is 3.84. The summed E-state index contributed by atoms with van der Waals surface area (Å²) in [6.45, 7) is 0. The molecule has 0 unspecified atom stereocenters. The molecular formula is C9H6BrClO. The van der Waals surface area contributed by atoms with Crippen LogP contribution in [-0.4, -0.2) is 7.11 Å². The molecule has 0 atom stereocenters. The first-order chi connectivity index (χ1) is 5.69. The Labute approximate surface area is 84.8 Å². The molecule has 0 amide bonds. The first kappa shape index (κ1) is 9.44. The maximum Gasteiger partial charge on any atom is 0.148 e. The fraction of sp³-hybridized carbons (Fsp3) is 0.111. The van der Waals surface area contributed by atoms with E-state index >= 15 is 0 Å². The average molecular weight is 246 g/mol. The smallest absolute Gasteiger partial charge is 0.148 e. The van der Waals surface area contributed by atoms with Crippen LogP contribution >= 0.6 is 27.5 Å². The van der Waals surface area contributed by atoms with Gasteiger partial charge in [0.25, 0.3) is 0 Å². The molecule has 1 aromatic rings. The molecular weight excluding hydrogens is 239 g/mol. The van der Waals surface area contributed by atoms with Crippen LogP contribution in [0.15, 0.2) is 16.6 Å². The summed E-state index contributed by atoms with van der Waals surface area (Å²) < 4.78 is 5.84. The van der Waals surface area contributed by atoms with Crippen LogP contribution in [0.4, 0.5) is 0 Å². The van der Waals surface area contributed by atoms with Gasteiger partial charge in [-0.3, -0.25) is 0 Å². The predicted octanol–water partition coefficient (Wildman–Crippen LogP) is 3.09. The van der Waals surface area contributed by atoms with Crippen molar-refractivity contribution in [1.82, 2.24) is 0 Å². The van der Waals surface area contributed by atoms with Crippen molar-refractivity contribution in [1.29, 1.82) is 0 Å². The Balaban J connectivity index is 3.36. The predicted molar refractivity (Wildman–Crippen MR) is 53.6 cm³/mol. The van der Waals surface area contributed by atoms with E-state index in [-0.39, 0.29) is 0 Å². The van der Waals surface area contributed by atoms with E-state index in [1.165, 1.54) is 0 Å². The van der Waals surface area contributed by atoms with E-state index in [0.29, 0.717) is 16.3 Å². The van der Waals surface area contributed by atoms with Crippen LogP contribution in [0.5, 0.6) is 5.75 Å². The molecule has 0 bridgehead atoms. The topological polar surface area (TPSA) is 9.23 Å². The molecule has 0 radical (unpaired) electrons. The van der Waals surface area contributed by atoms with Crippen LogP contribution in [0.2, 0.25) is 5.02 Å². The van der Waals surface area contributed by atoms with Crippen molar-refractivity contribution in [3.8, 4) is 18.1 Å². The SMILES string of the molecule is C#Cc1cc(Cl)cc(Br)c1OC. The lowest BCUT2D eigenvalue weighted by atomic mass is 10.2. The lowest BCUT2D eigenvalue weighted by Gasteiger charge is -2.05. The molecule has 0 fully saturated rings. The van der Waals surface area contributed by atoms with Crippen LogP contribution < -0.4 is 4.74 Å². The van der Waals surface area contributed by atoms with Gasteiger partial charge in [-0.05, 0) is 28.1 Å². The molecule has 12 heavy (non-hydrogen) atoms. The van der Waals surface area contributed by atoms with Gasteiger partial charge in [-0.15, -0.1) is 6.42 Å². The zero-order valence-electron chi connectivity index (χ0n) is 6.40. The Kier molecular flexibility index (Phi) is 3.02. The number of terminal acetylenes is 1. The summed E-state index contributed by atoms with van der Waals surface area (Å²) >= 11 is 9.07. The molecule has 3 heteroatoms. The molecule has 0 aliphatic rings. The van der Waals surface area contributed by atoms with Gasteiger partial charge in [0.05, 0.1) is 17.1 Å². The van der Waals surface area contributed by atoms with E-state index in [0.717, 1.165) is 4.47 Å². The average Bonchev–Trinajstić information content (AvgIpc) is 2.03. The van der Waals surface area contributed by atoms with Crippen molar-refractivity contribution in [3.63, 3.8) is 0 Å². The van der Waals surface area contributed by atoms with Gasteiger partial charge in [0.15, 0.2) is 0 Å². The Morgan fingerprint density at radius 1 is 1.58 bits per heavy atom. The standard InChI is InChI=1S/C9H6BrClO/c1-3-6-4-7(11)5-8(10)9(6)12-2/h1,4-5H,2H3. The lowest BCUT2D eigenvalue weighted by molar-refractivity contribution is 0.411. The summed E-state index contributed by atoms with van der Waals surface area (Å²) in [4.78, 5) is 0. The molecule has 62 valence electrons. The van der Waals surface area contributed by atoms with E-state index in [1.54, 1.807) is 19.2 Å². The molecule has 1 nitrogen and oxygen atoms in total. The molecule has 1 aromatic carbocycles. The minimum Gasteiger partial charge on any atom is -0.494 e. The molecule has 1 rings (SSSR count). The van der Waals surface area contributed by atoms with Gasteiger partial charge in [-0.2, -0.15) is 0 Å². The van der Waals surface area contributed by atoms with E-state index in [9.17, 15) is 0 Å². The molecule has 0 heterocycles. The van der Waals surface area contributed by atoms with Gasteiger partial charge in [-0.1, -0.05) is 17.5 Å². The third-order valence-electron chi connectivity index (χ3n) is 1.37. The lowest BCUT2D eigenvalue weighted by Crippen LogP contribution is -1.88. The van der Waals surface area contributed by atoms with Gasteiger partial charge in [0.2, 0.25) is 0 Å². The summed E-state index contributed by atoms with van der Waals surface area (Å²) in [5.74, 6) is 3.13. The second-order valence-electron chi connectivity index (χ2n) is 2.11. The normalized spacial score (nSPS) is 9.17. The molecule has 0 N–H and O–H groups in total. The van der Waals surface area contributed by atoms with Crippen LogP contribution in [0.3, 0.4) is 0 Å². The summed E-state index contributed by atoms with van der Waals surface area (Å²) in [6, 6.07) is 3.42. The minimum absolute atomic E-state index is 0.593. The van der Waals surface area contributed by atoms with Gasteiger partial charge >= 0.3 is 0 Å². The number of rotatable bonds is 1. The first-order valence-corrected chi connectivity index (χ1v) is 4.35. The number of halogens is 2. The number of benzene rings is 1. The van der Waals surface area contributed by atoms with Crippen molar-refractivity contribution >= 4 is 27.5 Å². The number of methoxy groups -OCH3 is 1. The van der Waals surface area contributed by atoms with Crippen molar-refractivity contribution in [2.45, 2.75) is 0 Å². The zero-order valence-corrected chi connectivity index (χ0v) is 8.74. The number of ether oxygens (including phenoxy) is 1. The third kappa shape index (κ3) is 1.74. The van der Waals surface area contributed by atoms with E-state index < -0.39 is 0 Å². The van der Waals surface area contributed by atoms with Crippen LogP contribution in [0.25, 0.3) is 0 Å². The monoisotopic (exact) mass is 244 g/mol. The molecule has 0 saturated carbocycles. The maximum atomic E-state index is 5.78.